The van der Waals surface area contributed by atoms with Crippen molar-refractivity contribution >= 4 is 28.0 Å². The van der Waals surface area contributed by atoms with E-state index in [0.29, 0.717) is 29.0 Å². The molecule has 4 heterocycles. The van der Waals surface area contributed by atoms with E-state index in [2.05, 4.69) is 15.0 Å². The van der Waals surface area contributed by atoms with Gasteiger partial charge in [0, 0.05) is 28.9 Å². The van der Waals surface area contributed by atoms with Crippen molar-refractivity contribution in [2.45, 2.75) is 13.0 Å². The van der Waals surface area contributed by atoms with Gasteiger partial charge in [0.05, 0.1) is 11.6 Å². The first-order valence-corrected chi connectivity index (χ1v) is 7.80. The number of hydrogen-bond donors (Lipinski definition) is 1. The summed E-state index contributed by atoms with van der Waals surface area (Å²) in [6.07, 6.45) is 4.56. The second-order valence-corrected chi connectivity index (χ2v) is 6.03. The number of nitrogens with two attached hydrogens (primary N) is 1. The predicted molar refractivity (Wildman–Crippen MR) is 91.4 cm³/mol. The number of pyridine rings is 1. The summed E-state index contributed by atoms with van der Waals surface area (Å²) in [4.78, 5) is 25.0. The molecule has 0 fully saturated rings. The van der Waals surface area contributed by atoms with E-state index in [1.165, 1.54) is 6.39 Å². The maximum absolute atomic E-state index is 12.9. The number of aromatic nitrogens is 4. The minimum atomic E-state index is -0.181. The van der Waals surface area contributed by atoms with Crippen LogP contribution < -0.4 is 16.0 Å². The lowest BCUT2D eigenvalue weighted by Gasteiger charge is -2.27. The maximum Gasteiger partial charge on any atom is 0.281 e. The second-order valence-electron chi connectivity index (χ2n) is 6.03. The van der Waals surface area contributed by atoms with Crippen LogP contribution in [0.25, 0.3) is 33.1 Å². The zero-order valence-electron chi connectivity index (χ0n) is 13.3. The minimum Gasteiger partial charge on any atom is -0.489 e. The number of hydrogen-bond acceptors (Lipinski definition) is 7. The first-order valence-electron chi connectivity index (χ1n) is 7.80. The fraction of sp³-hybridized carbons (Fsp3) is 0.176. The summed E-state index contributed by atoms with van der Waals surface area (Å²) >= 11 is 0. The Kier molecular flexibility index (Phi) is 2.68. The summed E-state index contributed by atoms with van der Waals surface area (Å²) in [6, 6.07) is 3.69. The molecule has 3 aromatic heterocycles. The molecule has 1 atom stereocenters. The summed E-state index contributed by atoms with van der Waals surface area (Å²) in [5.74, 6) is 0.812. The third kappa shape index (κ3) is 1.81. The van der Waals surface area contributed by atoms with Crippen molar-refractivity contribution < 1.29 is 9.15 Å². The van der Waals surface area contributed by atoms with Crippen molar-refractivity contribution in [2.75, 3.05) is 12.3 Å². The highest BCUT2D eigenvalue weighted by atomic mass is 16.5. The van der Waals surface area contributed by atoms with Gasteiger partial charge in [-0.15, -0.1) is 0 Å². The number of fused-ring (bicyclic) bond motifs is 2. The van der Waals surface area contributed by atoms with Crippen LogP contribution in [0.3, 0.4) is 0 Å². The summed E-state index contributed by atoms with van der Waals surface area (Å²) in [7, 11) is 0. The second kappa shape index (κ2) is 4.79. The van der Waals surface area contributed by atoms with Crippen molar-refractivity contribution in [3.05, 3.63) is 41.3 Å². The Morgan fingerprint density at radius 1 is 1.24 bits per heavy atom. The van der Waals surface area contributed by atoms with E-state index >= 15 is 0 Å². The molecule has 8 nitrogen and oxygen atoms in total. The standard InChI is InChI=1S/C17H13N5O3/c1-8-6-24-15-10(9-4-19-17(18)20-5-9)2-3-11-13(15)22(8)16(23)12-14(11)25-7-21-12/h2-5,7-8H,6H2,1H3,(H2,18,19,20)/t8-/m0/s1. The molecule has 0 bridgehead atoms. The van der Waals surface area contributed by atoms with Gasteiger partial charge in [-0.05, 0) is 19.1 Å². The fourth-order valence-corrected chi connectivity index (χ4v) is 3.35. The van der Waals surface area contributed by atoms with Crippen LogP contribution in [0.4, 0.5) is 5.95 Å². The molecule has 124 valence electrons. The monoisotopic (exact) mass is 335 g/mol. The number of nitrogens with zero attached hydrogens (tertiary/aromatic N) is 4. The molecule has 0 amide bonds. The first-order chi connectivity index (χ1) is 12.1. The van der Waals surface area contributed by atoms with Gasteiger partial charge in [-0.2, -0.15) is 0 Å². The van der Waals surface area contributed by atoms with Gasteiger partial charge in [0.1, 0.15) is 6.61 Å². The molecule has 1 aromatic carbocycles. The number of oxazole rings is 1. The van der Waals surface area contributed by atoms with Crippen LogP contribution in [0, 0.1) is 0 Å². The van der Waals surface area contributed by atoms with E-state index in [1.807, 2.05) is 19.1 Å². The van der Waals surface area contributed by atoms with Crippen LogP contribution in [0.5, 0.6) is 5.75 Å². The zero-order valence-corrected chi connectivity index (χ0v) is 13.3. The highest BCUT2D eigenvalue weighted by Crippen LogP contribution is 2.41. The van der Waals surface area contributed by atoms with Gasteiger partial charge in [-0.25, -0.2) is 15.0 Å². The molecule has 0 saturated carbocycles. The molecule has 2 N–H and O–H groups in total. The van der Waals surface area contributed by atoms with Crippen molar-refractivity contribution in [3.8, 4) is 16.9 Å². The highest BCUT2D eigenvalue weighted by Gasteiger charge is 2.27. The van der Waals surface area contributed by atoms with Crippen molar-refractivity contribution in [1.82, 2.24) is 19.5 Å². The molecule has 0 radical (unpaired) electrons. The van der Waals surface area contributed by atoms with E-state index in [0.717, 1.165) is 16.5 Å². The summed E-state index contributed by atoms with van der Waals surface area (Å²) in [6.45, 7) is 2.33. The molecule has 1 aliphatic heterocycles. The Bertz CT molecular complexity index is 1190. The lowest BCUT2D eigenvalue weighted by atomic mass is 10.0. The third-order valence-corrected chi connectivity index (χ3v) is 4.50. The van der Waals surface area contributed by atoms with Crippen molar-refractivity contribution in [1.29, 1.82) is 0 Å². The van der Waals surface area contributed by atoms with E-state index < -0.39 is 0 Å². The Morgan fingerprint density at radius 3 is 2.84 bits per heavy atom. The SMILES string of the molecule is C[C@H]1COc2c(-c3cnc(N)nc3)ccc3c4ocnc4c(=O)n1c23. The number of anilines is 1. The molecular weight excluding hydrogens is 322 g/mol. The average Bonchev–Trinajstić information content (AvgIpc) is 3.11. The third-order valence-electron chi connectivity index (χ3n) is 4.50. The first kappa shape index (κ1) is 14.0. The lowest BCUT2D eigenvalue weighted by molar-refractivity contribution is 0.246. The van der Waals surface area contributed by atoms with Crippen LogP contribution in [0.2, 0.25) is 0 Å². The molecule has 0 saturated heterocycles. The van der Waals surface area contributed by atoms with Gasteiger partial charge in [0.25, 0.3) is 5.56 Å². The predicted octanol–water partition coefficient (Wildman–Crippen LogP) is 2.14. The largest absolute Gasteiger partial charge is 0.489 e. The fourth-order valence-electron chi connectivity index (χ4n) is 3.35. The van der Waals surface area contributed by atoms with E-state index in [4.69, 9.17) is 14.9 Å². The Hall–Kier alpha value is -3.42. The normalized spacial score (nSPS) is 16.3. The van der Waals surface area contributed by atoms with Gasteiger partial charge >= 0.3 is 0 Å². The topological polar surface area (TPSA) is 109 Å². The smallest absolute Gasteiger partial charge is 0.281 e. The Morgan fingerprint density at radius 2 is 2.04 bits per heavy atom. The molecule has 0 spiro atoms. The van der Waals surface area contributed by atoms with E-state index in [9.17, 15) is 4.79 Å². The molecule has 25 heavy (non-hydrogen) atoms. The van der Waals surface area contributed by atoms with E-state index in [1.54, 1.807) is 17.0 Å². The minimum absolute atomic E-state index is 0.110. The van der Waals surface area contributed by atoms with E-state index in [-0.39, 0.29) is 17.5 Å². The van der Waals surface area contributed by atoms with Gasteiger partial charge in [-0.3, -0.25) is 9.36 Å². The number of ether oxygens (including phenoxy) is 1. The van der Waals surface area contributed by atoms with Gasteiger partial charge in [0.2, 0.25) is 5.95 Å². The lowest BCUT2D eigenvalue weighted by Crippen LogP contribution is -2.31. The van der Waals surface area contributed by atoms with Crippen molar-refractivity contribution in [3.63, 3.8) is 0 Å². The summed E-state index contributed by atoms with van der Waals surface area (Å²) in [5.41, 5.74) is 8.44. The van der Waals surface area contributed by atoms with Crippen LogP contribution in [-0.2, 0) is 0 Å². The van der Waals surface area contributed by atoms with Crippen LogP contribution in [0.15, 0.2) is 40.1 Å². The average molecular weight is 335 g/mol. The molecule has 1 aliphatic rings. The highest BCUT2D eigenvalue weighted by molar-refractivity contribution is 6.05. The van der Waals surface area contributed by atoms with Gasteiger partial charge in [0.15, 0.2) is 23.2 Å². The molecule has 8 heteroatoms. The van der Waals surface area contributed by atoms with Gasteiger partial charge < -0.3 is 14.9 Å². The molecular formula is C17H13N5O3. The quantitative estimate of drug-likeness (QED) is 0.567. The zero-order chi connectivity index (χ0) is 17.1. The number of benzene rings is 1. The van der Waals surface area contributed by atoms with Crippen LogP contribution in [0.1, 0.15) is 13.0 Å². The molecule has 5 rings (SSSR count). The number of nitrogen functional groups attached to an aromatic ring is 1. The Balaban J connectivity index is 1.95. The number of rotatable bonds is 1. The van der Waals surface area contributed by atoms with Crippen LogP contribution in [-0.4, -0.2) is 26.1 Å². The van der Waals surface area contributed by atoms with Crippen molar-refractivity contribution in [2.24, 2.45) is 0 Å². The van der Waals surface area contributed by atoms with Crippen LogP contribution >= 0.6 is 0 Å². The maximum atomic E-state index is 12.9. The molecule has 0 aliphatic carbocycles. The Labute approximate surface area is 140 Å². The summed E-state index contributed by atoms with van der Waals surface area (Å²) in [5, 5.41) is 0.786. The van der Waals surface area contributed by atoms with Gasteiger partial charge in [-0.1, -0.05) is 0 Å². The summed E-state index contributed by atoms with van der Waals surface area (Å²) < 4.78 is 13.2. The molecule has 0 unspecified atom stereocenters. The molecule has 4 aromatic rings.